The molecule has 1 amide bonds. The van der Waals surface area contributed by atoms with E-state index < -0.39 is 5.91 Å². The predicted octanol–water partition coefficient (Wildman–Crippen LogP) is 5.75. The molecule has 1 saturated carbocycles. The SMILES string of the molecule is COc1c(C(N)=O)cccc1-c1ccc(CCC2CCC(C)(C)CC2)c(F)c1. The van der Waals surface area contributed by atoms with E-state index in [4.69, 9.17) is 10.5 Å². The van der Waals surface area contributed by atoms with E-state index in [1.165, 1.54) is 38.9 Å². The fraction of sp³-hybridized carbons (Fsp3) is 0.458. The number of nitrogens with two attached hydrogens (primary N) is 1. The van der Waals surface area contributed by atoms with Crippen molar-refractivity contribution in [1.82, 2.24) is 0 Å². The molecule has 2 N–H and O–H groups in total. The third-order valence-corrected chi connectivity index (χ3v) is 6.13. The van der Waals surface area contributed by atoms with Crippen molar-refractivity contribution in [1.29, 1.82) is 0 Å². The molecule has 2 aromatic rings. The normalized spacial score (nSPS) is 16.7. The van der Waals surface area contributed by atoms with E-state index in [-0.39, 0.29) is 5.82 Å². The molecule has 4 heteroatoms. The summed E-state index contributed by atoms with van der Waals surface area (Å²) >= 11 is 0. The number of halogens is 1. The second kappa shape index (κ2) is 8.34. The van der Waals surface area contributed by atoms with Crippen LogP contribution in [0.3, 0.4) is 0 Å². The number of carbonyl (C=O) groups excluding carboxylic acids is 1. The van der Waals surface area contributed by atoms with Crippen molar-refractivity contribution in [2.75, 3.05) is 7.11 Å². The molecule has 1 aliphatic carbocycles. The first-order valence-corrected chi connectivity index (χ1v) is 10.1. The molecule has 28 heavy (non-hydrogen) atoms. The van der Waals surface area contributed by atoms with Gasteiger partial charge in [-0.3, -0.25) is 4.79 Å². The highest BCUT2D eigenvalue weighted by Crippen LogP contribution is 2.40. The highest BCUT2D eigenvalue weighted by molar-refractivity contribution is 5.98. The molecule has 0 unspecified atom stereocenters. The maximum atomic E-state index is 14.8. The number of ether oxygens (including phenoxy) is 1. The van der Waals surface area contributed by atoms with Crippen LogP contribution >= 0.6 is 0 Å². The molecule has 2 aromatic carbocycles. The van der Waals surface area contributed by atoms with E-state index >= 15 is 0 Å². The maximum Gasteiger partial charge on any atom is 0.252 e. The minimum absolute atomic E-state index is 0.208. The summed E-state index contributed by atoms with van der Waals surface area (Å²) in [4.78, 5) is 11.6. The van der Waals surface area contributed by atoms with Crippen molar-refractivity contribution in [2.24, 2.45) is 17.1 Å². The number of methoxy groups -OCH3 is 1. The zero-order valence-electron chi connectivity index (χ0n) is 17.1. The number of carbonyl (C=O) groups is 1. The molecule has 0 spiro atoms. The van der Waals surface area contributed by atoms with Crippen LogP contribution in [0.4, 0.5) is 4.39 Å². The van der Waals surface area contributed by atoms with Gasteiger partial charge in [-0.15, -0.1) is 0 Å². The van der Waals surface area contributed by atoms with Gasteiger partial charge in [0, 0.05) is 5.56 Å². The van der Waals surface area contributed by atoms with Crippen molar-refractivity contribution >= 4 is 5.91 Å². The van der Waals surface area contributed by atoms with Gasteiger partial charge in [0.1, 0.15) is 11.6 Å². The molecular formula is C24H30FNO2. The average molecular weight is 384 g/mol. The summed E-state index contributed by atoms with van der Waals surface area (Å²) in [6, 6.07) is 10.4. The number of para-hydroxylation sites is 1. The molecule has 3 nitrogen and oxygen atoms in total. The lowest BCUT2D eigenvalue weighted by molar-refractivity contribution is 0.0997. The molecule has 0 aromatic heterocycles. The maximum absolute atomic E-state index is 14.8. The molecule has 150 valence electrons. The fourth-order valence-corrected chi connectivity index (χ4v) is 4.20. The number of primary amides is 1. The Morgan fingerprint density at radius 1 is 1.21 bits per heavy atom. The monoisotopic (exact) mass is 383 g/mol. The number of rotatable bonds is 6. The molecule has 0 saturated heterocycles. The molecule has 1 fully saturated rings. The van der Waals surface area contributed by atoms with Gasteiger partial charge >= 0.3 is 0 Å². The van der Waals surface area contributed by atoms with Crippen molar-refractivity contribution in [3.05, 3.63) is 53.3 Å². The Morgan fingerprint density at radius 3 is 2.54 bits per heavy atom. The highest BCUT2D eigenvalue weighted by atomic mass is 19.1. The van der Waals surface area contributed by atoms with Crippen LogP contribution in [0.5, 0.6) is 5.75 Å². The number of hydrogen-bond donors (Lipinski definition) is 1. The Hall–Kier alpha value is -2.36. The van der Waals surface area contributed by atoms with Crippen LogP contribution in [0, 0.1) is 17.2 Å². The van der Waals surface area contributed by atoms with Crippen LogP contribution in [0.25, 0.3) is 11.1 Å². The van der Waals surface area contributed by atoms with Crippen LogP contribution in [-0.2, 0) is 6.42 Å². The van der Waals surface area contributed by atoms with Gasteiger partial charge < -0.3 is 10.5 Å². The van der Waals surface area contributed by atoms with Crippen LogP contribution in [0.2, 0.25) is 0 Å². The minimum Gasteiger partial charge on any atom is -0.495 e. The molecule has 0 bridgehead atoms. The molecule has 0 aliphatic heterocycles. The minimum atomic E-state index is -0.563. The lowest BCUT2D eigenvalue weighted by Crippen LogP contribution is -2.21. The first-order chi connectivity index (χ1) is 13.3. The van der Waals surface area contributed by atoms with Crippen LogP contribution in [0.1, 0.15) is 61.9 Å². The second-order valence-electron chi connectivity index (χ2n) is 8.70. The second-order valence-corrected chi connectivity index (χ2v) is 8.70. The third kappa shape index (κ3) is 4.54. The predicted molar refractivity (Wildman–Crippen MR) is 111 cm³/mol. The van der Waals surface area contributed by atoms with Crippen LogP contribution < -0.4 is 10.5 Å². The Balaban J connectivity index is 1.75. The van der Waals surface area contributed by atoms with E-state index in [0.29, 0.717) is 33.8 Å². The van der Waals surface area contributed by atoms with Gasteiger partial charge in [0.15, 0.2) is 0 Å². The molecular weight excluding hydrogens is 353 g/mol. The van der Waals surface area contributed by atoms with Crippen molar-refractivity contribution in [2.45, 2.75) is 52.4 Å². The van der Waals surface area contributed by atoms with Gasteiger partial charge in [-0.2, -0.15) is 0 Å². The molecule has 0 heterocycles. The molecule has 0 atom stereocenters. The summed E-state index contributed by atoms with van der Waals surface area (Å²) in [6.45, 7) is 4.67. The largest absolute Gasteiger partial charge is 0.495 e. The Bertz CT molecular complexity index is 850. The first-order valence-electron chi connectivity index (χ1n) is 10.1. The summed E-state index contributed by atoms with van der Waals surface area (Å²) in [5.41, 5.74) is 8.28. The van der Waals surface area contributed by atoms with Gasteiger partial charge in [0.05, 0.1) is 12.7 Å². The smallest absolute Gasteiger partial charge is 0.252 e. The summed E-state index contributed by atoms with van der Waals surface area (Å²) in [7, 11) is 1.49. The van der Waals surface area contributed by atoms with E-state index in [1.54, 1.807) is 12.1 Å². The summed E-state index contributed by atoms with van der Waals surface area (Å²) in [5, 5.41) is 0. The van der Waals surface area contributed by atoms with Gasteiger partial charge in [-0.1, -0.05) is 38.1 Å². The quantitative estimate of drug-likeness (QED) is 0.690. The summed E-state index contributed by atoms with van der Waals surface area (Å²) < 4.78 is 20.2. The zero-order valence-corrected chi connectivity index (χ0v) is 17.1. The van der Waals surface area contributed by atoms with Gasteiger partial charge in [-0.25, -0.2) is 4.39 Å². The highest BCUT2D eigenvalue weighted by Gasteiger charge is 2.26. The van der Waals surface area contributed by atoms with E-state index in [2.05, 4.69) is 13.8 Å². The summed E-state index contributed by atoms with van der Waals surface area (Å²) in [6.07, 6.45) is 6.79. The standard InChI is InChI=1S/C24H30FNO2/c1-24(2)13-11-16(12-14-24)7-8-17-9-10-18(15-21(17)25)19-5-4-6-20(23(26)27)22(19)28-3/h4-6,9-10,15-16H,7-8,11-14H2,1-3H3,(H2,26,27). The average Bonchev–Trinajstić information content (AvgIpc) is 2.67. The number of benzene rings is 2. The Kier molecular flexibility index (Phi) is 6.07. The van der Waals surface area contributed by atoms with Gasteiger partial charge in [0.2, 0.25) is 0 Å². The molecule has 0 radical (unpaired) electrons. The first kappa shape index (κ1) is 20.4. The lowest BCUT2D eigenvalue weighted by atomic mass is 9.72. The number of hydrogen-bond acceptors (Lipinski definition) is 2. The van der Waals surface area contributed by atoms with E-state index in [1.807, 2.05) is 18.2 Å². The van der Waals surface area contributed by atoms with Gasteiger partial charge in [-0.05, 0) is 73.1 Å². The Morgan fingerprint density at radius 2 is 1.93 bits per heavy atom. The lowest BCUT2D eigenvalue weighted by Gasteiger charge is -2.34. The fourth-order valence-electron chi connectivity index (χ4n) is 4.20. The van der Waals surface area contributed by atoms with Crippen molar-refractivity contribution < 1.29 is 13.9 Å². The van der Waals surface area contributed by atoms with E-state index in [9.17, 15) is 9.18 Å². The number of amides is 1. The zero-order chi connectivity index (χ0) is 20.3. The third-order valence-electron chi connectivity index (χ3n) is 6.13. The van der Waals surface area contributed by atoms with Crippen molar-refractivity contribution in [3.8, 4) is 16.9 Å². The van der Waals surface area contributed by atoms with Crippen LogP contribution in [0.15, 0.2) is 36.4 Å². The van der Waals surface area contributed by atoms with Crippen LogP contribution in [-0.4, -0.2) is 13.0 Å². The number of aryl methyl sites for hydroxylation is 1. The topological polar surface area (TPSA) is 52.3 Å². The Labute approximate surface area is 167 Å². The summed E-state index contributed by atoms with van der Waals surface area (Å²) in [5.74, 6) is 0.304. The molecule has 3 rings (SSSR count). The van der Waals surface area contributed by atoms with E-state index in [0.717, 1.165) is 18.4 Å². The van der Waals surface area contributed by atoms with Crippen molar-refractivity contribution in [3.63, 3.8) is 0 Å². The van der Waals surface area contributed by atoms with Gasteiger partial charge in [0.25, 0.3) is 5.91 Å². The molecule has 1 aliphatic rings.